The maximum Gasteiger partial charge on any atom is 0.260 e. The highest BCUT2D eigenvalue weighted by molar-refractivity contribution is 6.10. The lowest BCUT2D eigenvalue weighted by atomic mass is 10.1. The number of nitrogens with one attached hydrogen (secondary N) is 2. The van der Waals surface area contributed by atoms with E-state index in [1.807, 2.05) is 30.3 Å². The molecular formula is C15H14N4O2. The van der Waals surface area contributed by atoms with Gasteiger partial charge in [0.2, 0.25) is 5.88 Å². The van der Waals surface area contributed by atoms with Crippen molar-refractivity contribution in [2.24, 2.45) is 5.10 Å². The van der Waals surface area contributed by atoms with E-state index in [-0.39, 0.29) is 17.3 Å². The van der Waals surface area contributed by atoms with Gasteiger partial charge in [-0.1, -0.05) is 23.8 Å². The minimum atomic E-state index is -0.405. The van der Waals surface area contributed by atoms with Crippen molar-refractivity contribution in [1.29, 1.82) is 5.41 Å². The fourth-order valence-electron chi connectivity index (χ4n) is 2.38. The third-order valence-electron chi connectivity index (χ3n) is 3.32. The molecule has 1 aliphatic heterocycles. The maximum absolute atomic E-state index is 12.0. The van der Waals surface area contributed by atoms with Crippen LogP contribution in [0.1, 0.15) is 19.4 Å². The number of aromatic amines is 1. The summed E-state index contributed by atoms with van der Waals surface area (Å²) in [4.78, 5) is 14.4. The number of H-pyrrole nitrogens is 1. The van der Waals surface area contributed by atoms with Crippen LogP contribution in [-0.2, 0) is 0 Å². The molecule has 106 valence electrons. The molecule has 0 bridgehead atoms. The Balaban J connectivity index is 2.37. The lowest BCUT2D eigenvalue weighted by Crippen LogP contribution is -2.43. The lowest BCUT2D eigenvalue weighted by Gasteiger charge is -2.13. The zero-order valence-electron chi connectivity index (χ0n) is 11.6. The van der Waals surface area contributed by atoms with Crippen LogP contribution in [-0.4, -0.2) is 15.9 Å². The third kappa shape index (κ3) is 1.92. The molecule has 1 aliphatic rings. The molecule has 6 heteroatoms. The van der Waals surface area contributed by atoms with Gasteiger partial charge >= 0.3 is 0 Å². The van der Waals surface area contributed by atoms with E-state index < -0.39 is 5.56 Å². The molecule has 1 aromatic heterocycles. The topological polar surface area (TPSA) is 92.5 Å². The number of aromatic hydroxyl groups is 1. The Kier molecular flexibility index (Phi) is 2.86. The fraction of sp³-hybridized carbons (Fsp3) is 0.133. The van der Waals surface area contributed by atoms with E-state index >= 15 is 0 Å². The molecule has 3 rings (SSSR count). The smallest absolute Gasteiger partial charge is 0.260 e. The number of benzene rings is 1. The van der Waals surface area contributed by atoms with Crippen LogP contribution in [0, 0.1) is 5.41 Å². The zero-order valence-corrected chi connectivity index (χ0v) is 11.6. The first kappa shape index (κ1) is 13.1. The van der Waals surface area contributed by atoms with E-state index in [4.69, 9.17) is 5.41 Å². The number of aromatic nitrogens is 1. The van der Waals surface area contributed by atoms with Gasteiger partial charge in [-0.25, -0.2) is 5.01 Å². The number of rotatable bonds is 1. The number of hydrogen-bond donors (Lipinski definition) is 3. The van der Waals surface area contributed by atoms with Gasteiger partial charge in [-0.2, -0.15) is 5.10 Å². The number of para-hydroxylation sites is 1. The predicted octanol–water partition coefficient (Wildman–Crippen LogP) is 0.651. The van der Waals surface area contributed by atoms with Crippen molar-refractivity contribution in [2.45, 2.75) is 13.8 Å². The van der Waals surface area contributed by atoms with Crippen LogP contribution in [0.2, 0.25) is 0 Å². The summed E-state index contributed by atoms with van der Waals surface area (Å²) in [6.07, 6.45) is 0. The number of hydrogen-bond acceptors (Lipinski definition) is 4. The molecule has 0 aliphatic carbocycles. The molecule has 0 amide bonds. The average molecular weight is 282 g/mol. The van der Waals surface area contributed by atoms with Crippen molar-refractivity contribution in [3.8, 4) is 5.88 Å². The fourth-order valence-corrected chi connectivity index (χ4v) is 2.38. The molecule has 0 unspecified atom stereocenters. The molecule has 0 saturated heterocycles. The summed E-state index contributed by atoms with van der Waals surface area (Å²) in [5.74, 6) is -0.292. The summed E-state index contributed by atoms with van der Waals surface area (Å²) in [5.41, 5.74) is 1.32. The Morgan fingerprint density at radius 2 is 1.95 bits per heavy atom. The van der Waals surface area contributed by atoms with E-state index in [0.29, 0.717) is 16.3 Å². The third-order valence-corrected chi connectivity index (χ3v) is 3.32. The molecule has 0 saturated carbocycles. The van der Waals surface area contributed by atoms with Crippen LogP contribution in [0.5, 0.6) is 5.88 Å². The van der Waals surface area contributed by atoms with Crippen molar-refractivity contribution >= 4 is 17.1 Å². The molecule has 2 aromatic rings. The van der Waals surface area contributed by atoms with Crippen molar-refractivity contribution < 1.29 is 5.11 Å². The van der Waals surface area contributed by atoms with Gasteiger partial charge in [0, 0.05) is 0 Å². The van der Waals surface area contributed by atoms with Gasteiger partial charge < -0.3 is 5.11 Å². The first-order valence-electron chi connectivity index (χ1n) is 6.46. The second kappa shape index (κ2) is 4.59. The molecule has 0 spiro atoms. The second-order valence-electron chi connectivity index (χ2n) is 5.00. The lowest BCUT2D eigenvalue weighted by molar-refractivity contribution is 0.449. The van der Waals surface area contributed by atoms with Gasteiger partial charge in [0.05, 0.1) is 10.9 Å². The van der Waals surface area contributed by atoms with Crippen molar-refractivity contribution in [3.05, 3.63) is 56.8 Å². The summed E-state index contributed by atoms with van der Waals surface area (Å²) in [6.45, 7) is 3.60. The van der Waals surface area contributed by atoms with Gasteiger partial charge in [-0.15, -0.1) is 0 Å². The molecule has 6 nitrogen and oxygen atoms in total. The van der Waals surface area contributed by atoms with Gasteiger partial charge in [-0.3, -0.25) is 15.2 Å². The van der Waals surface area contributed by atoms with Crippen LogP contribution in [0.4, 0.5) is 5.69 Å². The molecule has 0 atom stereocenters. The number of nitrogens with zero attached hydrogens (tertiary/aromatic N) is 2. The van der Waals surface area contributed by atoms with E-state index in [1.165, 1.54) is 5.01 Å². The van der Waals surface area contributed by atoms with Crippen LogP contribution >= 0.6 is 0 Å². The van der Waals surface area contributed by atoms with Crippen LogP contribution in [0.15, 0.2) is 40.2 Å². The van der Waals surface area contributed by atoms with Crippen molar-refractivity contribution in [3.63, 3.8) is 0 Å². The summed E-state index contributed by atoms with van der Waals surface area (Å²) in [7, 11) is 0. The highest BCUT2D eigenvalue weighted by Gasteiger charge is 2.26. The standard InChI is InChI=1S/C15H14N4O2/c1-8(2)10-12-11(15(21)17-14(10)20)13(16)19(18-12)9-6-4-3-5-7-9/h3-7,16,21H,1-2H3,(H,17,20). The van der Waals surface area contributed by atoms with E-state index in [9.17, 15) is 9.90 Å². The molecule has 0 radical (unpaired) electrons. The van der Waals surface area contributed by atoms with Crippen LogP contribution in [0.3, 0.4) is 0 Å². The maximum atomic E-state index is 12.0. The van der Waals surface area contributed by atoms with E-state index in [2.05, 4.69) is 10.1 Å². The Bertz CT molecular complexity index is 909. The van der Waals surface area contributed by atoms with Crippen LogP contribution < -0.4 is 21.1 Å². The molecule has 1 aromatic carbocycles. The predicted molar refractivity (Wildman–Crippen MR) is 80.0 cm³/mol. The Morgan fingerprint density at radius 3 is 2.57 bits per heavy atom. The highest BCUT2D eigenvalue weighted by Crippen LogP contribution is 2.21. The molecule has 21 heavy (non-hydrogen) atoms. The first-order valence-corrected chi connectivity index (χ1v) is 6.46. The normalized spacial score (nSPS) is 13.0. The van der Waals surface area contributed by atoms with Gasteiger partial charge in [-0.05, 0) is 26.0 Å². The summed E-state index contributed by atoms with van der Waals surface area (Å²) in [6, 6.07) is 9.16. The van der Waals surface area contributed by atoms with Gasteiger partial charge in [0.25, 0.3) is 5.56 Å². The Hall–Kier alpha value is -2.89. The van der Waals surface area contributed by atoms with Crippen molar-refractivity contribution in [1.82, 2.24) is 4.98 Å². The van der Waals surface area contributed by atoms with Gasteiger partial charge in [0.15, 0.2) is 5.84 Å². The number of amidine groups is 1. The van der Waals surface area contributed by atoms with Gasteiger partial charge in [0.1, 0.15) is 10.9 Å². The molecule has 0 fully saturated rings. The summed E-state index contributed by atoms with van der Waals surface area (Å²) >= 11 is 0. The number of pyridine rings is 1. The quantitative estimate of drug-likeness (QED) is 0.717. The minimum Gasteiger partial charge on any atom is -0.494 e. The summed E-state index contributed by atoms with van der Waals surface area (Å²) in [5, 5.41) is 24.7. The summed E-state index contributed by atoms with van der Waals surface area (Å²) < 4.78 is 0. The second-order valence-corrected chi connectivity index (χ2v) is 5.00. The van der Waals surface area contributed by atoms with Crippen LogP contribution in [0.25, 0.3) is 5.57 Å². The monoisotopic (exact) mass is 282 g/mol. The Morgan fingerprint density at radius 1 is 1.29 bits per heavy atom. The number of fused-ring (bicyclic) bond motifs is 1. The Labute approximate surface area is 120 Å². The first-order chi connectivity index (χ1) is 10.0. The average Bonchev–Trinajstić information content (AvgIpc) is 2.77. The largest absolute Gasteiger partial charge is 0.494 e. The van der Waals surface area contributed by atoms with E-state index in [0.717, 1.165) is 5.57 Å². The highest BCUT2D eigenvalue weighted by atomic mass is 16.3. The van der Waals surface area contributed by atoms with Crippen molar-refractivity contribution in [2.75, 3.05) is 5.01 Å². The molecule has 2 heterocycles. The zero-order chi connectivity index (χ0) is 15.1. The van der Waals surface area contributed by atoms with E-state index in [1.54, 1.807) is 13.8 Å². The minimum absolute atomic E-state index is 0.0347. The molecule has 3 N–H and O–H groups in total. The number of anilines is 1. The molecular weight excluding hydrogens is 268 g/mol. The SMILES string of the molecule is CC(C)=c1c(=O)[nH]c(O)c2c1=NN(c1ccccc1)C2=N.